The number of nitrogens with one attached hydrogen (secondary N) is 1. The van der Waals surface area contributed by atoms with Crippen molar-refractivity contribution in [2.24, 2.45) is 5.92 Å². The van der Waals surface area contributed by atoms with Crippen LogP contribution in [-0.2, 0) is 6.54 Å². The average Bonchev–Trinajstić information content (AvgIpc) is 2.90. The molecule has 4 nitrogen and oxygen atoms in total. The molecule has 1 saturated heterocycles. The van der Waals surface area contributed by atoms with E-state index in [2.05, 4.69) is 10.4 Å². The molecule has 0 bridgehead atoms. The number of rotatable bonds is 2. The Morgan fingerprint density at radius 3 is 3.25 bits per heavy atom. The molecular weight excluding hydrogens is 202 g/mol. The first-order valence-corrected chi connectivity index (χ1v) is 5.68. The van der Waals surface area contributed by atoms with E-state index in [1.807, 2.05) is 16.9 Å². The fourth-order valence-electron chi connectivity index (χ4n) is 2.32. The van der Waals surface area contributed by atoms with E-state index >= 15 is 0 Å². The zero-order valence-electron chi connectivity index (χ0n) is 9.06. The normalized spacial score (nSPS) is 20.6. The lowest BCUT2D eigenvalue weighted by Crippen LogP contribution is -2.15. The summed E-state index contributed by atoms with van der Waals surface area (Å²) in [5, 5.41) is 18.3. The Bertz CT molecular complexity index is 500. The van der Waals surface area contributed by atoms with Crippen LogP contribution in [0, 0.1) is 5.92 Å². The second-order valence-corrected chi connectivity index (χ2v) is 4.43. The van der Waals surface area contributed by atoms with Crippen molar-refractivity contribution in [2.45, 2.75) is 13.0 Å². The van der Waals surface area contributed by atoms with Gasteiger partial charge in [0.25, 0.3) is 0 Å². The summed E-state index contributed by atoms with van der Waals surface area (Å²) < 4.78 is 1.99. The number of phenolic OH excluding ortho intramolecular Hbond substituents is 1. The maximum absolute atomic E-state index is 9.48. The molecule has 0 radical (unpaired) electrons. The van der Waals surface area contributed by atoms with Crippen molar-refractivity contribution >= 4 is 10.9 Å². The second kappa shape index (κ2) is 3.79. The zero-order chi connectivity index (χ0) is 11.0. The largest absolute Gasteiger partial charge is 0.508 e. The molecule has 3 rings (SSSR count). The highest BCUT2D eigenvalue weighted by Crippen LogP contribution is 2.21. The minimum atomic E-state index is 0.304. The van der Waals surface area contributed by atoms with Crippen LogP contribution in [0.5, 0.6) is 5.75 Å². The molecule has 1 fully saturated rings. The fourth-order valence-corrected chi connectivity index (χ4v) is 2.32. The van der Waals surface area contributed by atoms with E-state index < -0.39 is 0 Å². The maximum Gasteiger partial charge on any atom is 0.117 e. The molecule has 1 aliphatic heterocycles. The van der Waals surface area contributed by atoms with Crippen LogP contribution in [0.2, 0.25) is 0 Å². The Morgan fingerprint density at radius 1 is 1.50 bits per heavy atom. The Kier molecular flexibility index (Phi) is 2.29. The number of hydrogen-bond donors (Lipinski definition) is 2. The highest BCUT2D eigenvalue weighted by molar-refractivity contribution is 5.79. The number of fused-ring (bicyclic) bond motifs is 1. The molecule has 0 saturated carbocycles. The lowest BCUT2D eigenvalue weighted by atomic mass is 10.1. The molecule has 1 aromatic heterocycles. The van der Waals surface area contributed by atoms with Gasteiger partial charge in [0.05, 0.1) is 11.7 Å². The third-order valence-electron chi connectivity index (χ3n) is 3.22. The van der Waals surface area contributed by atoms with Gasteiger partial charge in [-0.15, -0.1) is 0 Å². The van der Waals surface area contributed by atoms with Crippen molar-refractivity contribution in [1.29, 1.82) is 0 Å². The summed E-state index contributed by atoms with van der Waals surface area (Å²) in [4.78, 5) is 0. The SMILES string of the molecule is Oc1ccc2cnn(CC3CCNC3)c2c1. The summed E-state index contributed by atoms with van der Waals surface area (Å²) in [5.41, 5.74) is 1.02. The molecule has 0 amide bonds. The van der Waals surface area contributed by atoms with Gasteiger partial charge >= 0.3 is 0 Å². The molecule has 1 unspecified atom stereocenters. The molecule has 1 aromatic carbocycles. The molecule has 1 aliphatic rings. The summed E-state index contributed by atoms with van der Waals surface area (Å²) in [6, 6.07) is 5.39. The van der Waals surface area contributed by atoms with Crippen LogP contribution < -0.4 is 5.32 Å². The molecule has 0 aliphatic carbocycles. The second-order valence-electron chi connectivity index (χ2n) is 4.43. The molecule has 0 spiro atoms. The lowest BCUT2D eigenvalue weighted by Gasteiger charge is -2.09. The van der Waals surface area contributed by atoms with Crippen LogP contribution in [-0.4, -0.2) is 28.0 Å². The Labute approximate surface area is 93.9 Å². The summed E-state index contributed by atoms with van der Waals surface area (Å²) in [6.45, 7) is 3.11. The van der Waals surface area contributed by atoms with E-state index in [4.69, 9.17) is 0 Å². The minimum absolute atomic E-state index is 0.304. The fraction of sp³-hybridized carbons (Fsp3) is 0.417. The van der Waals surface area contributed by atoms with Crippen molar-refractivity contribution in [2.75, 3.05) is 13.1 Å². The zero-order valence-corrected chi connectivity index (χ0v) is 9.06. The third-order valence-corrected chi connectivity index (χ3v) is 3.22. The topological polar surface area (TPSA) is 50.1 Å². The highest BCUT2D eigenvalue weighted by atomic mass is 16.3. The monoisotopic (exact) mass is 217 g/mol. The van der Waals surface area contributed by atoms with Gasteiger partial charge in [-0.05, 0) is 37.6 Å². The summed E-state index contributed by atoms with van der Waals surface area (Å²) in [5.74, 6) is 0.962. The van der Waals surface area contributed by atoms with E-state index in [9.17, 15) is 5.11 Å². The number of aromatic nitrogens is 2. The van der Waals surface area contributed by atoms with Gasteiger partial charge in [0.15, 0.2) is 0 Å². The van der Waals surface area contributed by atoms with E-state index in [0.717, 1.165) is 30.5 Å². The smallest absolute Gasteiger partial charge is 0.117 e. The maximum atomic E-state index is 9.48. The van der Waals surface area contributed by atoms with Gasteiger partial charge in [-0.1, -0.05) is 0 Å². The van der Waals surface area contributed by atoms with Gasteiger partial charge < -0.3 is 10.4 Å². The van der Waals surface area contributed by atoms with E-state index in [1.54, 1.807) is 12.1 Å². The predicted molar refractivity (Wildman–Crippen MR) is 62.4 cm³/mol. The van der Waals surface area contributed by atoms with Crippen LogP contribution in [0.25, 0.3) is 10.9 Å². The van der Waals surface area contributed by atoms with Crippen molar-refractivity contribution in [3.63, 3.8) is 0 Å². The summed E-state index contributed by atoms with van der Waals surface area (Å²) in [7, 11) is 0. The van der Waals surface area contributed by atoms with Crippen LogP contribution in [0.3, 0.4) is 0 Å². The first-order valence-electron chi connectivity index (χ1n) is 5.68. The van der Waals surface area contributed by atoms with Crippen LogP contribution in [0.15, 0.2) is 24.4 Å². The predicted octanol–water partition coefficient (Wildman–Crippen LogP) is 1.35. The standard InChI is InChI=1S/C12H15N3O/c16-11-2-1-10-7-14-15(12(10)5-11)8-9-3-4-13-6-9/h1-2,5,7,9,13,16H,3-4,6,8H2. The van der Waals surface area contributed by atoms with Crippen LogP contribution >= 0.6 is 0 Å². The number of aromatic hydroxyl groups is 1. The van der Waals surface area contributed by atoms with Crippen LogP contribution in [0.1, 0.15) is 6.42 Å². The summed E-state index contributed by atoms with van der Waals surface area (Å²) in [6.07, 6.45) is 3.07. The molecule has 4 heteroatoms. The van der Waals surface area contributed by atoms with E-state index in [-0.39, 0.29) is 0 Å². The van der Waals surface area contributed by atoms with E-state index in [1.165, 1.54) is 6.42 Å². The van der Waals surface area contributed by atoms with Gasteiger partial charge in [-0.3, -0.25) is 4.68 Å². The highest BCUT2D eigenvalue weighted by Gasteiger charge is 2.16. The molecular formula is C12H15N3O. The van der Waals surface area contributed by atoms with E-state index in [0.29, 0.717) is 11.7 Å². The molecule has 1 atom stereocenters. The van der Waals surface area contributed by atoms with Crippen molar-refractivity contribution < 1.29 is 5.11 Å². The Morgan fingerprint density at radius 2 is 2.44 bits per heavy atom. The number of hydrogen-bond acceptors (Lipinski definition) is 3. The molecule has 16 heavy (non-hydrogen) atoms. The number of benzene rings is 1. The minimum Gasteiger partial charge on any atom is -0.508 e. The van der Waals surface area contributed by atoms with Gasteiger partial charge in [0.1, 0.15) is 5.75 Å². The Balaban J connectivity index is 1.93. The summed E-state index contributed by atoms with van der Waals surface area (Å²) >= 11 is 0. The quantitative estimate of drug-likeness (QED) is 0.798. The van der Waals surface area contributed by atoms with Crippen molar-refractivity contribution in [1.82, 2.24) is 15.1 Å². The lowest BCUT2D eigenvalue weighted by molar-refractivity contribution is 0.456. The molecule has 2 aromatic rings. The average molecular weight is 217 g/mol. The molecule has 84 valence electrons. The van der Waals surface area contributed by atoms with Gasteiger partial charge in [-0.25, -0.2) is 0 Å². The Hall–Kier alpha value is -1.55. The first kappa shape index (κ1) is 9.66. The van der Waals surface area contributed by atoms with Crippen molar-refractivity contribution in [3.05, 3.63) is 24.4 Å². The first-order chi connectivity index (χ1) is 7.83. The number of nitrogens with zero attached hydrogens (tertiary/aromatic N) is 2. The van der Waals surface area contributed by atoms with Crippen LogP contribution in [0.4, 0.5) is 0 Å². The number of phenols is 1. The molecule has 2 N–H and O–H groups in total. The molecule has 2 heterocycles. The third kappa shape index (κ3) is 1.65. The van der Waals surface area contributed by atoms with Crippen molar-refractivity contribution in [3.8, 4) is 5.75 Å². The van der Waals surface area contributed by atoms with Gasteiger partial charge in [-0.2, -0.15) is 5.10 Å². The van der Waals surface area contributed by atoms with Gasteiger partial charge in [0, 0.05) is 18.0 Å². The van der Waals surface area contributed by atoms with Gasteiger partial charge in [0.2, 0.25) is 0 Å².